The molecule has 3 amide bonds. The van der Waals surface area contributed by atoms with Gasteiger partial charge < -0.3 is 15.0 Å². The molecular formula is C28H19BrFN3O5S2. The highest BCUT2D eigenvalue weighted by Crippen LogP contribution is 2.54. The molecule has 0 aliphatic carbocycles. The summed E-state index contributed by atoms with van der Waals surface area (Å²) in [6.45, 7) is -0.360. The molecule has 40 heavy (non-hydrogen) atoms. The molecule has 1 saturated heterocycles. The molecule has 4 aromatic rings. The molecule has 8 nitrogen and oxygen atoms in total. The second kappa shape index (κ2) is 10.7. The van der Waals surface area contributed by atoms with Crippen molar-refractivity contribution in [3.63, 3.8) is 0 Å². The van der Waals surface area contributed by atoms with Crippen LogP contribution in [0.1, 0.15) is 16.4 Å². The summed E-state index contributed by atoms with van der Waals surface area (Å²) < 4.78 is 19.8. The van der Waals surface area contributed by atoms with Crippen LogP contribution in [0.5, 0.6) is 5.75 Å². The number of hydrogen-bond donors (Lipinski definition) is 2. The number of hydrogen-bond acceptors (Lipinski definition) is 7. The molecule has 3 aromatic carbocycles. The highest BCUT2D eigenvalue weighted by Gasteiger charge is 2.56. The van der Waals surface area contributed by atoms with Crippen LogP contribution in [0.3, 0.4) is 0 Å². The smallest absolute Gasteiger partial charge is 0.305 e. The van der Waals surface area contributed by atoms with Crippen molar-refractivity contribution in [3.8, 4) is 5.75 Å². The molecule has 2 unspecified atom stereocenters. The van der Waals surface area contributed by atoms with Gasteiger partial charge in [-0.1, -0.05) is 57.2 Å². The maximum atomic E-state index is 13.9. The summed E-state index contributed by atoms with van der Waals surface area (Å²) >= 11 is 5.66. The predicted octanol–water partition coefficient (Wildman–Crippen LogP) is 5.15. The summed E-state index contributed by atoms with van der Waals surface area (Å²) in [7, 11) is 0. The van der Waals surface area contributed by atoms with E-state index in [0.29, 0.717) is 37.1 Å². The standard InChI is InChI=1S/C28H19BrFN3O5S2/c29-14-6-11-19(38-13-20(34)31-16-9-7-15(30)8-10-16)18(12-14)21-22-24(39-25-23(21)40-28(37)32-25)27(36)33(26(22)35)17-4-2-1-3-5-17/h1-12,21-22,24H,13H2,(H,31,34)(H,32,37)/t21-,22?,24?/m1/s1. The number of ether oxygens (including phenoxy) is 1. The minimum atomic E-state index is -0.804. The van der Waals surface area contributed by atoms with Crippen LogP contribution in [0.15, 0.2) is 87.1 Å². The largest absolute Gasteiger partial charge is 0.483 e. The fourth-order valence-corrected chi connectivity index (χ4v) is 7.84. The summed E-state index contributed by atoms with van der Waals surface area (Å²) in [5, 5.41) is 2.43. The number of para-hydroxylation sites is 1. The summed E-state index contributed by atoms with van der Waals surface area (Å²) in [6, 6.07) is 19.3. The Morgan fingerprint density at radius 3 is 2.52 bits per heavy atom. The first-order valence-corrected chi connectivity index (χ1v) is 14.6. The third-order valence-corrected chi connectivity index (χ3v) is 9.53. The molecule has 1 fully saturated rings. The van der Waals surface area contributed by atoms with Gasteiger partial charge in [-0.05, 0) is 54.6 Å². The zero-order valence-electron chi connectivity index (χ0n) is 20.4. The Bertz CT molecular complexity index is 1690. The van der Waals surface area contributed by atoms with Gasteiger partial charge >= 0.3 is 4.87 Å². The van der Waals surface area contributed by atoms with Crippen molar-refractivity contribution >= 4 is 68.1 Å². The van der Waals surface area contributed by atoms with Crippen molar-refractivity contribution in [1.29, 1.82) is 0 Å². The van der Waals surface area contributed by atoms with Crippen LogP contribution in [0, 0.1) is 11.7 Å². The highest BCUT2D eigenvalue weighted by atomic mass is 79.9. The number of carbonyl (C=O) groups excluding carboxylic acids is 3. The van der Waals surface area contributed by atoms with Gasteiger partial charge in [0.15, 0.2) is 6.61 Å². The molecule has 0 spiro atoms. The Morgan fingerprint density at radius 1 is 1.02 bits per heavy atom. The quantitative estimate of drug-likeness (QED) is 0.283. The van der Waals surface area contributed by atoms with E-state index in [1.54, 1.807) is 48.5 Å². The first-order chi connectivity index (χ1) is 19.3. The number of H-pyrrole nitrogens is 1. The molecular weight excluding hydrogens is 621 g/mol. The van der Waals surface area contributed by atoms with E-state index in [9.17, 15) is 23.6 Å². The third kappa shape index (κ3) is 4.87. The first kappa shape index (κ1) is 26.5. The van der Waals surface area contributed by atoms with E-state index < -0.39 is 28.8 Å². The van der Waals surface area contributed by atoms with Gasteiger partial charge in [0, 0.05) is 26.5 Å². The lowest BCUT2D eigenvalue weighted by Crippen LogP contribution is -2.32. The lowest BCUT2D eigenvalue weighted by Gasteiger charge is -2.31. The average Bonchev–Trinajstić information content (AvgIpc) is 3.43. The number of benzene rings is 3. The fraction of sp³-hybridized carbons (Fsp3) is 0.143. The molecule has 12 heteroatoms. The van der Waals surface area contributed by atoms with Crippen molar-refractivity contribution in [2.45, 2.75) is 16.2 Å². The van der Waals surface area contributed by atoms with E-state index in [1.807, 2.05) is 0 Å². The number of amides is 3. The van der Waals surface area contributed by atoms with Crippen molar-refractivity contribution in [2.24, 2.45) is 5.92 Å². The van der Waals surface area contributed by atoms with E-state index in [4.69, 9.17) is 4.74 Å². The maximum Gasteiger partial charge on any atom is 0.305 e. The molecule has 0 saturated carbocycles. The Hall–Kier alpha value is -3.74. The summed E-state index contributed by atoms with van der Waals surface area (Å²) in [6.07, 6.45) is 0. The van der Waals surface area contributed by atoms with E-state index >= 15 is 0 Å². The summed E-state index contributed by atoms with van der Waals surface area (Å²) in [4.78, 5) is 56.9. The van der Waals surface area contributed by atoms with Crippen LogP contribution in [-0.2, 0) is 14.4 Å². The average molecular weight is 641 g/mol. The van der Waals surface area contributed by atoms with Crippen LogP contribution in [0.2, 0.25) is 0 Å². The number of anilines is 2. The number of aromatic nitrogens is 1. The maximum absolute atomic E-state index is 13.9. The number of nitrogens with zero attached hydrogens (tertiary/aromatic N) is 1. The van der Waals surface area contributed by atoms with Gasteiger partial charge in [0.1, 0.15) is 16.8 Å². The van der Waals surface area contributed by atoms with Gasteiger partial charge in [0.05, 0.1) is 16.6 Å². The topological polar surface area (TPSA) is 109 Å². The van der Waals surface area contributed by atoms with E-state index in [0.717, 1.165) is 11.3 Å². The van der Waals surface area contributed by atoms with Crippen molar-refractivity contribution in [3.05, 3.63) is 103 Å². The molecule has 2 N–H and O–H groups in total. The van der Waals surface area contributed by atoms with Crippen LogP contribution in [-0.4, -0.2) is 34.6 Å². The van der Waals surface area contributed by atoms with Crippen LogP contribution >= 0.6 is 39.0 Å². The SMILES string of the molecule is O=C(COc1ccc(Br)cc1[C@H]1c2sc(=O)[nH]c2SC2C(=O)N(c3ccccc3)C(=O)C21)Nc1ccc(F)cc1. The normalized spacial score (nSPS) is 19.8. The number of nitrogens with one attached hydrogen (secondary N) is 2. The Labute approximate surface area is 243 Å². The van der Waals surface area contributed by atoms with Gasteiger partial charge in [-0.3, -0.25) is 19.2 Å². The minimum absolute atomic E-state index is 0.293. The minimum Gasteiger partial charge on any atom is -0.483 e. The summed E-state index contributed by atoms with van der Waals surface area (Å²) in [5.74, 6) is -2.76. The Morgan fingerprint density at radius 2 is 1.77 bits per heavy atom. The number of aromatic amines is 1. The third-order valence-electron chi connectivity index (χ3n) is 6.63. The number of halogens is 2. The van der Waals surface area contributed by atoms with Crippen molar-refractivity contribution < 1.29 is 23.5 Å². The molecule has 3 heterocycles. The van der Waals surface area contributed by atoms with Crippen LogP contribution in [0.4, 0.5) is 15.8 Å². The van der Waals surface area contributed by atoms with Crippen LogP contribution < -0.4 is 19.8 Å². The number of carbonyl (C=O) groups is 3. The number of thiazole rings is 1. The fourth-order valence-electron chi connectivity index (χ4n) is 4.95. The zero-order chi connectivity index (χ0) is 28.0. The second-order valence-electron chi connectivity index (χ2n) is 9.12. The first-order valence-electron chi connectivity index (χ1n) is 12.1. The zero-order valence-corrected chi connectivity index (χ0v) is 23.6. The number of fused-ring (bicyclic) bond motifs is 2. The lowest BCUT2D eigenvalue weighted by atomic mass is 9.82. The van der Waals surface area contributed by atoms with Gasteiger partial charge in [0.25, 0.3) is 5.91 Å². The van der Waals surface area contributed by atoms with Crippen molar-refractivity contribution in [2.75, 3.05) is 16.8 Å². The van der Waals surface area contributed by atoms with Crippen molar-refractivity contribution in [1.82, 2.24) is 4.98 Å². The molecule has 6 rings (SSSR count). The van der Waals surface area contributed by atoms with Gasteiger partial charge in [-0.15, -0.1) is 0 Å². The molecule has 0 radical (unpaired) electrons. The number of thioether (sulfide) groups is 1. The number of imide groups is 1. The summed E-state index contributed by atoms with van der Waals surface area (Å²) in [5.41, 5.74) is 1.45. The Balaban J connectivity index is 1.36. The molecule has 202 valence electrons. The monoisotopic (exact) mass is 639 g/mol. The lowest BCUT2D eigenvalue weighted by molar-refractivity contribution is -0.122. The molecule has 0 bridgehead atoms. The highest BCUT2D eigenvalue weighted by molar-refractivity contribution is 9.10. The van der Waals surface area contributed by atoms with Gasteiger partial charge in [0.2, 0.25) is 11.8 Å². The van der Waals surface area contributed by atoms with E-state index in [-0.39, 0.29) is 23.3 Å². The molecule has 1 aromatic heterocycles. The Kier molecular flexibility index (Phi) is 7.07. The second-order valence-corrected chi connectivity index (χ2v) is 12.2. The van der Waals surface area contributed by atoms with Crippen LogP contribution in [0.25, 0.3) is 0 Å². The van der Waals surface area contributed by atoms with E-state index in [2.05, 4.69) is 26.2 Å². The van der Waals surface area contributed by atoms with Gasteiger partial charge in [-0.25, -0.2) is 9.29 Å². The van der Waals surface area contributed by atoms with Gasteiger partial charge in [-0.2, -0.15) is 0 Å². The molecule has 2 aliphatic rings. The number of rotatable bonds is 6. The van der Waals surface area contributed by atoms with E-state index in [1.165, 1.54) is 40.9 Å². The molecule has 2 aliphatic heterocycles. The predicted molar refractivity (Wildman–Crippen MR) is 154 cm³/mol. The molecule has 3 atom stereocenters.